The number of aliphatic hydroxyl groups is 1. The van der Waals surface area contributed by atoms with E-state index in [1.165, 1.54) is 12.8 Å². The number of aromatic nitrogens is 1. The van der Waals surface area contributed by atoms with E-state index in [1.54, 1.807) is 0 Å². The van der Waals surface area contributed by atoms with E-state index in [0.717, 1.165) is 19.3 Å². The minimum absolute atomic E-state index is 0.00900. The highest BCUT2D eigenvalue weighted by atomic mass is 16.5. The molecule has 4 rings (SSSR count). The SMILES string of the molecule is Cc1nc(CC2CC2)oc1C(=O)N[C@@H]1C[C@@H](O)C12CCOCC2. The number of amides is 1. The van der Waals surface area contributed by atoms with Crippen molar-refractivity contribution in [1.29, 1.82) is 0 Å². The first-order chi connectivity index (χ1) is 11.1. The number of nitrogens with zero attached hydrogens (tertiary/aromatic N) is 1. The lowest BCUT2D eigenvalue weighted by Crippen LogP contribution is -2.65. The molecule has 2 N–H and O–H groups in total. The first kappa shape index (κ1) is 15.1. The average molecular weight is 320 g/mol. The molecule has 1 aromatic rings. The first-order valence-corrected chi connectivity index (χ1v) is 8.61. The van der Waals surface area contributed by atoms with Gasteiger partial charge in [-0.05, 0) is 44.9 Å². The van der Waals surface area contributed by atoms with Crippen LogP contribution in [-0.4, -0.2) is 41.4 Å². The van der Waals surface area contributed by atoms with Gasteiger partial charge in [-0.2, -0.15) is 0 Å². The molecular weight excluding hydrogens is 296 g/mol. The third-order valence-corrected chi connectivity index (χ3v) is 5.75. The normalized spacial score (nSPS) is 29.3. The summed E-state index contributed by atoms with van der Waals surface area (Å²) < 4.78 is 11.1. The van der Waals surface area contributed by atoms with Crippen LogP contribution in [0, 0.1) is 18.3 Å². The van der Waals surface area contributed by atoms with Crippen LogP contribution in [0.3, 0.4) is 0 Å². The zero-order valence-corrected chi connectivity index (χ0v) is 13.5. The van der Waals surface area contributed by atoms with Crippen LogP contribution >= 0.6 is 0 Å². The van der Waals surface area contributed by atoms with Gasteiger partial charge in [0.1, 0.15) is 0 Å². The Bertz CT molecular complexity index is 602. The second-order valence-electron chi connectivity index (χ2n) is 7.29. The fourth-order valence-corrected chi connectivity index (χ4v) is 3.94. The van der Waals surface area contributed by atoms with E-state index in [1.807, 2.05) is 6.92 Å². The molecule has 1 amide bonds. The average Bonchev–Trinajstić information content (AvgIpc) is 3.29. The van der Waals surface area contributed by atoms with Crippen molar-refractivity contribution in [3.05, 3.63) is 17.3 Å². The quantitative estimate of drug-likeness (QED) is 0.880. The summed E-state index contributed by atoms with van der Waals surface area (Å²) in [5.74, 6) is 1.46. The maximum absolute atomic E-state index is 12.6. The fourth-order valence-electron chi connectivity index (χ4n) is 3.94. The molecule has 1 aliphatic heterocycles. The summed E-state index contributed by atoms with van der Waals surface area (Å²) in [6.45, 7) is 3.11. The molecule has 0 radical (unpaired) electrons. The van der Waals surface area contributed by atoms with E-state index >= 15 is 0 Å². The van der Waals surface area contributed by atoms with E-state index in [0.29, 0.717) is 42.9 Å². The molecule has 0 unspecified atom stereocenters. The van der Waals surface area contributed by atoms with Crippen molar-refractivity contribution >= 4 is 5.91 Å². The van der Waals surface area contributed by atoms with Crippen LogP contribution in [0.5, 0.6) is 0 Å². The number of oxazole rings is 1. The lowest BCUT2D eigenvalue weighted by atomic mass is 9.58. The summed E-state index contributed by atoms with van der Waals surface area (Å²) in [5, 5.41) is 13.3. The van der Waals surface area contributed by atoms with E-state index in [-0.39, 0.29) is 23.5 Å². The highest BCUT2D eigenvalue weighted by molar-refractivity contribution is 5.92. The number of ether oxygens (including phenoxy) is 1. The molecule has 1 saturated heterocycles. The van der Waals surface area contributed by atoms with Gasteiger partial charge in [0.25, 0.3) is 5.91 Å². The minimum Gasteiger partial charge on any atom is -0.435 e. The molecule has 1 aromatic heterocycles. The van der Waals surface area contributed by atoms with Gasteiger partial charge in [-0.3, -0.25) is 4.79 Å². The van der Waals surface area contributed by atoms with Crippen molar-refractivity contribution in [2.24, 2.45) is 11.3 Å². The molecule has 2 aliphatic carbocycles. The number of carbonyl (C=O) groups is 1. The third kappa shape index (κ3) is 2.68. The Morgan fingerprint density at radius 1 is 1.39 bits per heavy atom. The van der Waals surface area contributed by atoms with Gasteiger partial charge in [-0.15, -0.1) is 0 Å². The van der Waals surface area contributed by atoms with Gasteiger partial charge in [0, 0.05) is 31.1 Å². The van der Waals surface area contributed by atoms with Crippen molar-refractivity contribution in [2.45, 2.75) is 57.6 Å². The van der Waals surface area contributed by atoms with E-state index in [9.17, 15) is 9.90 Å². The van der Waals surface area contributed by atoms with Crippen molar-refractivity contribution in [3.8, 4) is 0 Å². The molecule has 2 atom stereocenters. The predicted octanol–water partition coefficient (Wildman–Crippen LogP) is 1.60. The van der Waals surface area contributed by atoms with Gasteiger partial charge in [0.15, 0.2) is 5.89 Å². The Morgan fingerprint density at radius 2 is 2.13 bits per heavy atom. The van der Waals surface area contributed by atoms with Crippen molar-refractivity contribution < 1.29 is 19.1 Å². The van der Waals surface area contributed by atoms with Gasteiger partial charge in [0.2, 0.25) is 5.76 Å². The zero-order valence-electron chi connectivity index (χ0n) is 13.5. The van der Waals surface area contributed by atoms with Gasteiger partial charge in [-0.1, -0.05) is 0 Å². The Labute approximate surface area is 135 Å². The van der Waals surface area contributed by atoms with E-state index in [2.05, 4.69) is 10.3 Å². The topological polar surface area (TPSA) is 84.6 Å². The number of aliphatic hydroxyl groups excluding tert-OH is 1. The summed E-state index contributed by atoms with van der Waals surface area (Å²) in [6, 6.07) is -0.00900. The lowest BCUT2D eigenvalue weighted by Gasteiger charge is -2.55. The Morgan fingerprint density at radius 3 is 2.78 bits per heavy atom. The highest BCUT2D eigenvalue weighted by Crippen LogP contribution is 2.49. The van der Waals surface area contributed by atoms with Crippen LogP contribution in [0.4, 0.5) is 0 Å². The van der Waals surface area contributed by atoms with Crippen molar-refractivity contribution in [3.63, 3.8) is 0 Å². The van der Waals surface area contributed by atoms with Crippen LogP contribution in [-0.2, 0) is 11.2 Å². The van der Waals surface area contributed by atoms with E-state index in [4.69, 9.17) is 9.15 Å². The largest absolute Gasteiger partial charge is 0.435 e. The molecule has 1 spiro atoms. The predicted molar refractivity (Wildman–Crippen MR) is 82.0 cm³/mol. The second-order valence-corrected chi connectivity index (χ2v) is 7.29. The number of aryl methyl sites for hydroxylation is 1. The molecule has 0 aromatic carbocycles. The molecule has 23 heavy (non-hydrogen) atoms. The molecule has 0 bridgehead atoms. The Kier molecular flexibility index (Phi) is 3.69. The fraction of sp³-hybridized carbons (Fsp3) is 0.765. The van der Waals surface area contributed by atoms with Crippen LogP contribution in [0.15, 0.2) is 4.42 Å². The van der Waals surface area contributed by atoms with E-state index < -0.39 is 0 Å². The lowest BCUT2D eigenvalue weighted by molar-refractivity contribution is -0.145. The number of carbonyl (C=O) groups excluding carboxylic acids is 1. The van der Waals surface area contributed by atoms with Gasteiger partial charge >= 0.3 is 0 Å². The van der Waals surface area contributed by atoms with Crippen LogP contribution in [0.1, 0.15) is 54.2 Å². The smallest absolute Gasteiger partial charge is 0.289 e. The molecule has 6 heteroatoms. The number of rotatable bonds is 4. The molecule has 126 valence electrons. The van der Waals surface area contributed by atoms with Crippen LogP contribution in [0.2, 0.25) is 0 Å². The third-order valence-electron chi connectivity index (χ3n) is 5.75. The summed E-state index contributed by atoms with van der Waals surface area (Å²) in [5.41, 5.74) is 0.428. The second kappa shape index (κ2) is 5.60. The monoisotopic (exact) mass is 320 g/mol. The molecule has 3 fully saturated rings. The van der Waals surface area contributed by atoms with Crippen LogP contribution < -0.4 is 5.32 Å². The van der Waals surface area contributed by atoms with Crippen molar-refractivity contribution in [1.82, 2.24) is 10.3 Å². The maximum Gasteiger partial charge on any atom is 0.289 e. The number of hydrogen-bond donors (Lipinski definition) is 2. The number of nitrogens with one attached hydrogen (secondary N) is 1. The van der Waals surface area contributed by atoms with Gasteiger partial charge < -0.3 is 19.6 Å². The Hall–Kier alpha value is -1.40. The maximum atomic E-state index is 12.6. The molecule has 3 aliphatic rings. The molecule has 2 saturated carbocycles. The standard InChI is InChI=1S/C17H24N2O4/c1-10-15(23-14(18-10)8-11-2-3-11)16(21)19-12-9-13(20)17(12)4-6-22-7-5-17/h11-13,20H,2-9H2,1H3,(H,19,21)/t12-,13-/m1/s1. The molecule has 2 heterocycles. The first-order valence-electron chi connectivity index (χ1n) is 8.61. The Balaban J connectivity index is 1.44. The molecule has 6 nitrogen and oxygen atoms in total. The minimum atomic E-state index is -0.349. The summed E-state index contributed by atoms with van der Waals surface area (Å²) in [7, 11) is 0. The summed E-state index contributed by atoms with van der Waals surface area (Å²) in [4.78, 5) is 16.9. The molecular formula is C17H24N2O4. The van der Waals surface area contributed by atoms with Crippen LogP contribution in [0.25, 0.3) is 0 Å². The number of hydrogen-bond acceptors (Lipinski definition) is 5. The van der Waals surface area contributed by atoms with Crippen molar-refractivity contribution in [2.75, 3.05) is 13.2 Å². The van der Waals surface area contributed by atoms with Gasteiger partial charge in [-0.25, -0.2) is 4.98 Å². The van der Waals surface area contributed by atoms with Gasteiger partial charge in [0.05, 0.1) is 11.8 Å². The summed E-state index contributed by atoms with van der Waals surface area (Å²) in [6.07, 6.45) is 5.13. The highest BCUT2D eigenvalue weighted by Gasteiger charge is 2.55. The zero-order chi connectivity index (χ0) is 16.0. The summed E-state index contributed by atoms with van der Waals surface area (Å²) >= 11 is 0.